The van der Waals surface area contributed by atoms with Crippen molar-refractivity contribution in [2.24, 2.45) is 0 Å². The smallest absolute Gasteiger partial charge is 0.221 e. The first-order valence-corrected chi connectivity index (χ1v) is 7.47. The van der Waals surface area contributed by atoms with E-state index in [0.29, 0.717) is 5.76 Å². The van der Waals surface area contributed by atoms with Gasteiger partial charge in [-0.25, -0.2) is 13.1 Å². The second-order valence-corrected chi connectivity index (χ2v) is 5.99. The van der Waals surface area contributed by atoms with Crippen LogP contribution in [0.2, 0.25) is 0 Å². The van der Waals surface area contributed by atoms with Crippen molar-refractivity contribution in [1.29, 1.82) is 0 Å². The molecule has 0 aliphatic carbocycles. The van der Waals surface area contributed by atoms with Crippen molar-refractivity contribution >= 4 is 15.9 Å². The van der Waals surface area contributed by atoms with Crippen molar-refractivity contribution in [2.45, 2.75) is 26.3 Å². The van der Waals surface area contributed by atoms with E-state index in [1.165, 1.54) is 0 Å². The number of furan rings is 1. The molecule has 2 N–H and O–H groups in total. The van der Waals surface area contributed by atoms with E-state index in [-0.39, 0.29) is 24.9 Å². The maximum absolute atomic E-state index is 11.5. The molecule has 1 aromatic heterocycles. The third-order valence-electron chi connectivity index (χ3n) is 2.28. The summed E-state index contributed by atoms with van der Waals surface area (Å²) in [5, 5.41) is 2.73. The zero-order valence-electron chi connectivity index (χ0n) is 10.7. The zero-order valence-corrected chi connectivity index (χ0v) is 11.5. The standard InChI is InChI=1S/C11H18N2O4S/c1-8-4-5-10(17-8)9(2)13-11(14)6-7-12-18(3,15)16/h4-5,9,12H,6-7H2,1-3H3,(H,13,14)/t9-/m0/s1. The molecule has 0 saturated carbocycles. The van der Waals surface area contributed by atoms with Gasteiger partial charge >= 0.3 is 0 Å². The van der Waals surface area contributed by atoms with Gasteiger partial charge in [0.2, 0.25) is 15.9 Å². The summed E-state index contributed by atoms with van der Waals surface area (Å²) in [5.41, 5.74) is 0. The van der Waals surface area contributed by atoms with Gasteiger partial charge in [0.25, 0.3) is 0 Å². The summed E-state index contributed by atoms with van der Waals surface area (Å²) < 4.78 is 29.2. The number of aryl methyl sites for hydroxylation is 1. The Morgan fingerprint density at radius 2 is 2.11 bits per heavy atom. The summed E-state index contributed by atoms with van der Waals surface area (Å²) in [7, 11) is -3.25. The lowest BCUT2D eigenvalue weighted by Crippen LogP contribution is -2.31. The second kappa shape index (κ2) is 6.01. The largest absolute Gasteiger partial charge is 0.464 e. The Morgan fingerprint density at radius 3 is 2.61 bits per heavy atom. The van der Waals surface area contributed by atoms with E-state index < -0.39 is 10.0 Å². The van der Waals surface area contributed by atoms with Gasteiger partial charge in [-0.15, -0.1) is 0 Å². The molecule has 7 heteroatoms. The first kappa shape index (κ1) is 14.7. The predicted molar refractivity (Wildman–Crippen MR) is 67.5 cm³/mol. The molecule has 0 aliphatic rings. The summed E-state index contributed by atoms with van der Waals surface area (Å²) in [6.45, 7) is 3.73. The SMILES string of the molecule is Cc1ccc([C@H](C)NC(=O)CCNS(C)(=O)=O)o1. The van der Waals surface area contributed by atoms with Crippen molar-refractivity contribution in [3.8, 4) is 0 Å². The van der Waals surface area contributed by atoms with Gasteiger partial charge in [0.1, 0.15) is 11.5 Å². The summed E-state index contributed by atoms with van der Waals surface area (Å²) in [4.78, 5) is 11.5. The van der Waals surface area contributed by atoms with Crippen LogP contribution in [0.3, 0.4) is 0 Å². The van der Waals surface area contributed by atoms with E-state index >= 15 is 0 Å². The van der Waals surface area contributed by atoms with Gasteiger partial charge in [0.05, 0.1) is 12.3 Å². The second-order valence-electron chi connectivity index (χ2n) is 4.15. The molecule has 0 aromatic carbocycles. The third-order valence-corrected chi connectivity index (χ3v) is 3.01. The molecule has 0 unspecified atom stereocenters. The predicted octanol–water partition coefficient (Wildman–Crippen LogP) is 0.705. The van der Waals surface area contributed by atoms with Crippen LogP contribution in [0.1, 0.15) is 30.9 Å². The number of rotatable bonds is 6. The zero-order chi connectivity index (χ0) is 13.8. The molecule has 0 fully saturated rings. The molecule has 1 aromatic rings. The highest BCUT2D eigenvalue weighted by Crippen LogP contribution is 2.15. The Labute approximate surface area is 107 Å². The van der Waals surface area contributed by atoms with Gasteiger partial charge in [-0.2, -0.15) is 0 Å². The monoisotopic (exact) mass is 274 g/mol. The van der Waals surface area contributed by atoms with E-state index in [2.05, 4.69) is 10.0 Å². The van der Waals surface area contributed by atoms with Crippen LogP contribution in [0.5, 0.6) is 0 Å². The minimum Gasteiger partial charge on any atom is -0.464 e. The van der Waals surface area contributed by atoms with Crippen LogP contribution in [0.25, 0.3) is 0 Å². The lowest BCUT2D eigenvalue weighted by atomic mass is 10.2. The Morgan fingerprint density at radius 1 is 1.44 bits per heavy atom. The number of carbonyl (C=O) groups is 1. The highest BCUT2D eigenvalue weighted by atomic mass is 32.2. The fourth-order valence-corrected chi connectivity index (χ4v) is 1.89. The molecule has 1 amide bonds. The molecule has 0 saturated heterocycles. The summed E-state index contributed by atoms with van der Waals surface area (Å²) in [6, 6.07) is 3.39. The summed E-state index contributed by atoms with van der Waals surface area (Å²) in [5.74, 6) is 1.23. The molecule has 0 spiro atoms. The van der Waals surface area contributed by atoms with Crippen molar-refractivity contribution in [1.82, 2.24) is 10.0 Å². The number of nitrogens with one attached hydrogen (secondary N) is 2. The number of hydrogen-bond donors (Lipinski definition) is 2. The third kappa shape index (κ3) is 5.33. The first-order valence-electron chi connectivity index (χ1n) is 5.58. The highest BCUT2D eigenvalue weighted by molar-refractivity contribution is 7.88. The van der Waals surface area contributed by atoms with Crippen LogP contribution in [0, 0.1) is 6.92 Å². The fraction of sp³-hybridized carbons (Fsp3) is 0.545. The normalized spacial score (nSPS) is 13.3. The van der Waals surface area contributed by atoms with Crippen LogP contribution >= 0.6 is 0 Å². The Bertz CT molecular complexity index is 507. The van der Waals surface area contributed by atoms with E-state index in [4.69, 9.17) is 4.42 Å². The minimum absolute atomic E-state index is 0.0918. The lowest BCUT2D eigenvalue weighted by molar-refractivity contribution is -0.121. The molecule has 0 aliphatic heterocycles. The molecule has 6 nitrogen and oxygen atoms in total. The molecule has 18 heavy (non-hydrogen) atoms. The molecular formula is C11H18N2O4S. The average molecular weight is 274 g/mol. The van der Waals surface area contributed by atoms with Gasteiger partial charge in [-0.1, -0.05) is 0 Å². The molecule has 1 atom stereocenters. The number of hydrogen-bond acceptors (Lipinski definition) is 4. The molecule has 0 radical (unpaired) electrons. The van der Waals surface area contributed by atoms with Gasteiger partial charge in [0.15, 0.2) is 0 Å². The lowest BCUT2D eigenvalue weighted by Gasteiger charge is -2.11. The topological polar surface area (TPSA) is 88.4 Å². The Kier molecular flexibility index (Phi) is 4.92. The van der Waals surface area contributed by atoms with Crippen LogP contribution in [0.4, 0.5) is 0 Å². The fourth-order valence-electron chi connectivity index (χ4n) is 1.42. The molecule has 1 heterocycles. The van der Waals surface area contributed by atoms with Gasteiger partial charge in [0, 0.05) is 13.0 Å². The van der Waals surface area contributed by atoms with Crippen LogP contribution in [-0.2, 0) is 14.8 Å². The Hall–Kier alpha value is -1.34. The molecule has 1 rings (SSSR count). The van der Waals surface area contributed by atoms with Gasteiger partial charge < -0.3 is 9.73 Å². The van der Waals surface area contributed by atoms with Crippen LogP contribution < -0.4 is 10.0 Å². The van der Waals surface area contributed by atoms with Crippen molar-refractivity contribution in [2.75, 3.05) is 12.8 Å². The Balaban J connectivity index is 2.36. The minimum atomic E-state index is -3.25. The quantitative estimate of drug-likeness (QED) is 0.799. The van der Waals surface area contributed by atoms with E-state index in [1.54, 1.807) is 13.0 Å². The van der Waals surface area contributed by atoms with Crippen molar-refractivity contribution in [3.63, 3.8) is 0 Å². The number of amides is 1. The maximum Gasteiger partial charge on any atom is 0.221 e. The number of sulfonamides is 1. The number of carbonyl (C=O) groups excluding carboxylic acids is 1. The maximum atomic E-state index is 11.5. The van der Waals surface area contributed by atoms with Crippen molar-refractivity contribution < 1.29 is 17.6 Å². The van der Waals surface area contributed by atoms with E-state index in [0.717, 1.165) is 12.0 Å². The average Bonchev–Trinajstić information content (AvgIpc) is 2.62. The first-order chi connectivity index (χ1) is 8.28. The van der Waals surface area contributed by atoms with Gasteiger partial charge in [-0.3, -0.25) is 4.79 Å². The van der Waals surface area contributed by atoms with Crippen molar-refractivity contribution in [3.05, 3.63) is 23.7 Å². The molecule has 102 valence electrons. The van der Waals surface area contributed by atoms with Crippen LogP contribution in [0.15, 0.2) is 16.5 Å². The van der Waals surface area contributed by atoms with Crippen LogP contribution in [-0.4, -0.2) is 27.1 Å². The highest BCUT2D eigenvalue weighted by Gasteiger charge is 2.12. The van der Waals surface area contributed by atoms with E-state index in [9.17, 15) is 13.2 Å². The van der Waals surface area contributed by atoms with E-state index in [1.807, 2.05) is 13.0 Å². The van der Waals surface area contributed by atoms with Gasteiger partial charge in [-0.05, 0) is 26.0 Å². The summed E-state index contributed by atoms with van der Waals surface area (Å²) >= 11 is 0. The molecule has 0 bridgehead atoms. The summed E-state index contributed by atoms with van der Waals surface area (Å²) in [6.07, 6.45) is 1.15. The molecular weight excluding hydrogens is 256 g/mol.